The van der Waals surface area contributed by atoms with E-state index < -0.39 is 0 Å². The fourth-order valence-electron chi connectivity index (χ4n) is 1.13. The monoisotopic (exact) mass is 173 g/mol. The van der Waals surface area contributed by atoms with Gasteiger partial charge in [0.25, 0.3) is 0 Å². The lowest BCUT2D eigenvalue weighted by atomic mass is 10.1. The van der Waals surface area contributed by atoms with Crippen molar-refractivity contribution in [2.75, 3.05) is 7.05 Å². The molecule has 0 N–H and O–H groups in total. The number of nitrogens with zero attached hydrogens (tertiary/aromatic N) is 1. The molecule has 1 heteroatoms. The predicted octanol–water partition coefficient (Wildman–Crippen LogP) is 3.12. The van der Waals surface area contributed by atoms with Crippen LogP contribution in [0.2, 0.25) is 0 Å². The van der Waals surface area contributed by atoms with E-state index in [1.54, 1.807) is 6.20 Å². The highest BCUT2D eigenvalue weighted by atomic mass is 15.0. The molecule has 0 radical (unpaired) electrons. The number of hydrogen-bond acceptors (Lipinski definition) is 1. The average molecular weight is 173 g/mol. The third-order valence-corrected chi connectivity index (χ3v) is 1.91. The molecule has 0 bridgehead atoms. The van der Waals surface area contributed by atoms with Gasteiger partial charge < -0.3 is 4.90 Å². The summed E-state index contributed by atoms with van der Waals surface area (Å²) in [6, 6.07) is 10.3. The molecule has 68 valence electrons. The molecule has 1 rings (SSSR count). The van der Waals surface area contributed by atoms with E-state index in [0.717, 1.165) is 0 Å². The number of allylic oxidation sites excluding steroid dienone is 1. The van der Waals surface area contributed by atoms with Gasteiger partial charge in [-0.1, -0.05) is 36.9 Å². The van der Waals surface area contributed by atoms with Crippen LogP contribution in [0.4, 0.5) is 0 Å². The highest BCUT2D eigenvalue weighted by molar-refractivity contribution is 5.63. The molecule has 0 aromatic heterocycles. The standard InChI is InChI=1S/C12H15N/c1-4-13(3)10-11(2)12-8-6-5-7-9-12/h4-10H,1H2,2-3H3/b11-10+. The molecule has 1 nitrogen and oxygen atoms in total. The summed E-state index contributed by atoms with van der Waals surface area (Å²) < 4.78 is 0. The molecule has 0 aliphatic heterocycles. The summed E-state index contributed by atoms with van der Waals surface area (Å²) in [6.07, 6.45) is 3.84. The van der Waals surface area contributed by atoms with E-state index in [9.17, 15) is 0 Å². The Morgan fingerprint density at radius 3 is 2.46 bits per heavy atom. The highest BCUT2D eigenvalue weighted by Gasteiger charge is 1.93. The summed E-state index contributed by atoms with van der Waals surface area (Å²) in [7, 11) is 1.97. The molecule has 1 aromatic carbocycles. The molecule has 0 atom stereocenters. The van der Waals surface area contributed by atoms with Crippen LogP contribution in [0.3, 0.4) is 0 Å². The normalized spacial score (nSPS) is 11.1. The quantitative estimate of drug-likeness (QED) is 0.678. The maximum absolute atomic E-state index is 3.69. The van der Waals surface area contributed by atoms with Gasteiger partial charge in [0.1, 0.15) is 0 Å². The van der Waals surface area contributed by atoms with Gasteiger partial charge in [-0.2, -0.15) is 0 Å². The Bertz CT molecular complexity index is 298. The summed E-state index contributed by atoms with van der Waals surface area (Å²) in [5.41, 5.74) is 2.49. The van der Waals surface area contributed by atoms with E-state index in [-0.39, 0.29) is 0 Å². The zero-order chi connectivity index (χ0) is 9.68. The van der Waals surface area contributed by atoms with Crippen molar-refractivity contribution in [1.82, 2.24) is 4.90 Å². The lowest BCUT2D eigenvalue weighted by Gasteiger charge is -2.09. The van der Waals surface area contributed by atoms with Crippen molar-refractivity contribution in [3.63, 3.8) is 0 Å². The first-order valence-electron chi connectivity index (χ1n) is 4.32. The molecule has 1 aromatic rings. The molecule has 0 amide bonds. The minimum Gasteiger partial charge on any atom is -0.358 e. The molecule has 0 saturated heterocycles. The molecule has 0 heterocycles. The predicted molar refractivity (Wildman–Crippen MR) is 58.1 cm³/mol. The molecular formula is C12H15N. The van der Waals surface area contributed by atoms with E-state index >= 15 is 0 Å². The zero-order valence-corrected chi connectivity index (χ0v) is 8.20. The van der Waals surface area contributed by atoms with Crippen molar-refractivity contribution in [1.29, 1.82) is 0 Å². The molecule has 13 heavy (non-hydrogen) atoms. The Morgan fingerprint density at radius 1 is 1.31 bits per heavy atom. The molecule has 0 unspecified atom stereocenters. The van der Waals surface area contributed by atoms with Gasteiger partial charge in [0, 0.05) is 13.2 Å². The van der Waals surface area contributed by atoms with Crippen LogP contribution >= 0.6 is 0 Å². The molecular weight excluding hydrogens is 158 g/mol. The van der Waals surface area contributed by atoms with Gasteiger partial charge >= 0.3 is 0 Å². The minimum atomic E-state index is 1.24. The number of benzene rings is 1. The van der Waals surface area contributed by atoms with Crippen LogP contribution in [0.15, 0.2) is 49.3 Å². The van der Waals surface area contributed by atoms with Crippen LogP contribution in [0.1, 0.15) is 12.5 Å². The zero-order valence-electron chi connectivity index (χ0n) is 8.20. The van der Waals surface area contributed by atoms with Gasteiger partial charge in [-0.3, -0.25) is 0 Å². The Kier molecular flexibility index (Phi) is 3.32. The third kappa shape index (κ3) is 2.79. The van der Waals surface area contributed by atoms with Crippen molar-refractivity contribution in [2.24, 2.45) is 0 Å². The van der Waals surface area contributed by atoms with Crippen molar-refractivity contribution < 1.29 is 0 Å². The number of rotatable bonds is 3. The Hall–Kier alpha value is -1.50. The maximum atomic E-state index is 3.69. The second kappa shape index (κ2) is 4.51. The molecule has 0 aliphatic rings. The maximum Gasteiger partial charge on any atom is 0.0106 e. The van der Waals surface area contributed by atoms with Gasteiger partial charge in [0.05, 0.1) is 0 Å². The summed E-state index contributed by atoms with van der Waals surface area (Å²) in [5, 5.41) is 0. The summed E-state index contributed by atoms with van der Waals surface area (Å²) in [4.78, 5) is 1.95. The second-order valence-corrected chi connectivity index (χ2v) is 3.03. The lowest BCUT2D eigenvalue weighted by molar-refractivity contribution is 0.630. The SMILES string of the molecule is C=CN(C)/C=C(\C)c1ccccc1. The summed E-state index contributed by atoms with van der Waals surface area (Å²) in [5.74, 6) is 0. The first-order chi connectivity index (χ1) is 6.24. The van der Waals surface area contributed by atoms with Crippen molar-refractivity contribution >= 4 is 5.57 Å². The topological polar surface area (TPSA) is 3.24 Å². The van der Waals surface area contributed by atoms with Crippen LogP contribution in [-0.2, 0) is 0 Å². The fourth-order valence-corrected chi connectivity index (χ4v) is 1.13. The average Bonchev–Trinajstić information content (AvgIpc) is 2.19. The Morgan fingerprint density at radius 2 is 1.92 bits per heavy atom. The Labute approximate surface area is 80.0 Å². The second-order valence-electron chi connectivity index (χ2n) is 3.03. The van der Waals surface area contributed by atoms with E-state index in [2.05, 4.69) is 31.8 Å². The third-order valence-electron chi connectivity index (χ3n) is 1.91. The largest absolute Gasteiger partial charge is 0.358 e. The van der Waals surface area contributed by atoms with Crippen molar-refractivity contribution in [3.05, 3.63) is 54.9 Å². The molecule has 0 aliphatic carbocycles. The van der Waals surface area contributed by atoms with E-state index in [4.69, 9.17) is 0 Å². The molecule has 0 saturated carbocycles. The van der Waals surface area contributed by atoms with Crippen LogP contribution < -0.4 is 0 Å². The molecule has 0 spiro atoms. The molecule has 0 fully saturated rings. The van der Waals surface area contributed by atoms with Gasteiger partial charge in [0.15, 0.2) is 0 Å². The van der Waals surface area contributed by atoms with Crippen LogP contribution in [0.5, 0.6) is 0 Å². The number of hydrogen-bond donors (Lipinski definition) is 0. The van der Waals surface area contributed by atoms with Gasteiger partial charge in [-0.25, -0.2) is 0 Å². The summed E-state index contributed by atoms with van der Waals surface area (Å²) >= 11 is 0. The van der Waals surface area contributed by atoms with Gasteiger partial charge in [0.2, 0.25) is 0 Å². The van der Waals surface area contributed by atoms with E-state index in [0.29, 0.717) is 0 Å². The first kappa shape index (κ1) is 9.59. The smallest absolute Gasteiger partial charge is 0.0106 e. The van der Waals surface area contributed by atoms with Crippen molar-refractivity contribution in [3.8, 4) is 0 Å². The van der Waals surface area contributed by atoms with Crippen LogP contribution in [0, 0.1) is 0 Å². The Balaban J connectivity index is 2.84. The summed E-state index contributed by atoms with van der Waals surface area (Å²) in [6.45, 7) is 5.78. The van der Waals surface area contributed by atoms with Gasteiger partial charge in [-0.15, -0.1) is 0 Å². The van der Waals surface area contributed by atoms with Crippen molar-refractivity contribution in [2.45, 2.75) is 6.92 Å². The minimum absolute atomic E-state index is 1.24. The fraction of sp³-hybridized carbons (Fsp3) is 0.167. The van der Waals surface area contributed by atoms with Crippen LogP contribution in [-0.4, -0.2) is 11.9 Å². The van der Waals surface area contributed by atoms with Crippen LogP contribution in [0.25, 0.3) is 5.57 Å². The lowest BCUT2D eigenvalue weighted by Crippen LogP contribution is -1.99. The van der Waals surface area contributed by atoms with Gasteiger partial charge in [-0.05, 0) is 24.3 Å². The first-order valence-corrected chi connectivity index (χ1v) is 4.32. The van der Waals surface area contributed by atoms with E-state index in [1.165, 1.54) is 11.1 Å². The highest BCUT2D eigenvalue weighted by Crippen LogP contribution is 2.12. The van der Waals surface area contributed by atoms with E-state index in [1.807, 2.05) is 30.1 Å².